The molecule has 0 bridgehead atoms. The van der Waals surface area contributed by atoms with Crippen molar-refractivity contribution >= 4 is 27.3 Å². The van der Waals surface area contributed by atoms with Crippen LogP contribution in [-0.2, 0) is 14.8 Å². The number of thiophene rings is 1. The van der Waals surface area contributed by atoms with Crippen LogP contribution in [0, 0.1) is 5.92 Å². The second-order valence-electron chi connectivity index (χ2n) is 5.02. The first kappa shape index (κ1) is 15.4. The first-order valence-electron chi connectivity index (χ1n) is 6.49. The summed E-state index contributed by atoms with van der Waals surface area (Å²) in [5, 5.41) is 4.36. The molecule has 1 aliphatic rings. The topological polar surface area (TPSA) is 101 Å². The maximum atomic E-state index is 12.0. The van der Waals surface area contributed by atoms with Crippen molar-refractivity contribution in [3.63, 3.8) is 0 Å². The average molecular weight is 317 g/mol. The summed E-state index contributed by atoms with van der Waals surface area (Å²) in [5.41, 5.74) is 5.88. The lowest BCUT2D eigenvalue weighted by Crippen LogP contribution is -2.48. The van der Waals surface area contributed by atoms with E-state index in [-0.39, 0.29) is 16.2 Å². The number of rotatable bonds is 7. The lowest BCUT2D eigenvalue weighted by Gasteiger charge is -2.16. The number of nitrogens with two attached hydrogens (primary N) is 1. The second kappa shape index (κ2) is 6.21. The number of nitrogens with one attached hydrogen (secondary N) is 2. The Labute approximate surface area is 122 Å². The van der Waals surface area contributed by atoms with Crippen molar-refractivity contribution in [3.05, 3.63) is 17.5 Å². The molecule has 1 aromatic rings. The summed E-state index contributed by atoms with van der Waals surface area (Å²) in [7, 11) is -3.63. The van der Waals surface area contributed by atoms with Crippen LogP contribution in [0.3, 0.4) is 0 Å². The van der Waals surface area contributed by atoms with E-state index in [0.717, 1.165) is 24.2 Å². The zero-order valence-corrected chi connectivity index (χ0v) is 12.8. The SMILES string of the molecule is CC(NS(=O)(=O)c1cccs1)C(=O)NCC(N)C1CC1. The lowest BCUT2D eigenvalue weighted by atomic mass is 10.2. The van der Waals surface area contributed by atoms with Crippen molar-refractivity contribution in [2.24, 2.45) is 11.7 Å². The van der Waals surface area contributed by atoms with Crippen molar-refractivity contribution in [1.82, 2.24) is 10.0 Å². The second-order valence-corrected chi connectivity index (χ2v) is 7.91. The zero-order valence-electron chi connectivity index (χ0n) is 11.2. The number of carbonyl (C=O) groups is 1. The monoisotopic (exact) mass is 317 g/mol. The molecule has 0 spiro atoms. The minimum Gasteiger partial charge on any atom is -0.353 e. The van der Waals surface area contributed by atoms with Crippen LogP contribution in [0.2, 0.25) is 0 Å². The van der Waals surface area contributed by atoms with Gasteiger partial charge in [0.05, 0.1) is 6.04 Å². The molecule has 2 rings (SSSR count). The predicted molar refractivity (Wildman–Crippen MR) is 77.8 cm³/mol. The smallest absolute Gasteiger partial charge is 0.250 e. The van der Waals surface area contributed by atoms with Gasteiger partial charge in [-0.3, -0.25) is 4.79 Å². The highest BCUT2D eigenvalue weighted by Crippen LogP contribution is 2.31. The van der Waals surface area contributed by atoms with Crippen molar-refractivity contribution in [1.29, 1.82) is 0 Å². The zero-order chi connectivity index (χ0) is 14.8. The predicted octanol–water partition coefficient (Wildman–Crippen LogP) is 0.268. The molecular weight excluding hydrogens is 298 g/mol. The van der Waals surface area contributed by atoms with Crippen LogP contribution in [0.25, 0.3) is 0 Å². The molecule has 0 radical (unpaired) electrons. The van der Waals surface area contributed by atoms with Gasteiger partial charge in [-0.15, -0.1) is 11.3 Å². The molecule has 8 heteroatoms. The molecule has 112 valence electrons. The molecule has 0 aliphatic heterocycles. The van der Waals surface area contributed by atoms with Gasteiger partial charge in [0.15, 0.2) is 0 Å². The Morgan fingerprint density at radius 1 is 1.55 bits per heavy atom. The molecule has 2 atom stereocenters. The third-order valence-corrected chi connectivity index (χ3v) is 6.16. The maximum absolute atomic E-state index is 12.0. The van der Waals surface area contributed by atoms with Crippen LogP contribution in [-0.4, -0.2) is 33.0 Å². The number of carbonyl (C=O) groups excluding carboxylic acids is 1. The average Bonchev–Trinajstić information content (AvgIpc) is 3.08. The van der Waals surface area contributed by atoms with Gasteiger partial charge in [-0.05, 0) is 37.1 Å². The van der Waals surface area contributed by atoms with E-state index in [0.29, 0.717) is 12.5 Å². The van der Waals surface area contributed by atoms with E-state index in [1.54, 1.807) is 11.4 Å². The fraction of sp³-hybridized carbons (Fsp3) is 0.583. The molecule has 20 heavy (non-hydrogen) atoms. The third kappa shape index (κ3) is 4.02. The van der Waals surface area contributed by atoms with Crippen LogP contribution in [0.5, 0.6) is 0 Å². The summed E-state index contributed by atoms with van der Waals surface area (Å²) < 4.78 is 26.5. The minimum absolute atomic E-state index is 0.0416. The third-order valence-electron chi connectivity index (χ3n) is 3.22. The van der Waals surface area contributed by atoms with Gasteiger partial charge in [0.25, 0.3) is 10.0 Å². The Kier molecular flexibility index (Phi) is 4.79. The lowest BCUT2D eigenvalue weighted by molar-refractivity contribution is -0.122. The van der Waals surface area contributed by atoms with Gasteiger partial charge in [0.1, 0.15) is 4.21 Å². The highest BCUT2D eigenvalue weighted by Gasteiger charge is 2.29. The highest BCUT2D eigenvalue weighted by molar-refractivity contribution is 7.91. The van der Waals surface area contributed by atoms with Gasteiger partial charge in [-0.2, -0.15) is 4.72 Å². The van der Waals surface area contributed by atoms with Crippen LogP contribution in [0.4, 0.5) is 0 Å². The van der Waals surface area contributed by atoms with E-state index < -0.39 is 16.1 Å². The summed E-state index contributed by atoms with van der Waals surface area (Å²) in [6.45, 7) is 1.90. The van der Waals surface area contributed by atoms with E-state index in [1.165, 1.54) is 13.0 Å². The Hall–Kier alpha value is -0.960. The van der Waals surface area contributed by atoms with Gasteiger partial charge in [-0.25, -0.2) is 8.42 Å². The molecule has 1 aromatic heterocycles. The number of hydrogen-bond donors (Lipinski definition) is 3. The Balaban J connectivity index is 1.84. The molecule has 1 saturated carbocycles. The molecule has 1 amide bonds. The molecule has 1 fully saturated rings. The summed E-state index contributed by atoms with van der Waals surface area (Å²) >= 11 is 1.11. The van der Waals surface area contributed by atoms with Gasteiger partial charge >= 0.3 is 0 Å². The number of amides is 1. The largest absolute Gasteiger partial charge is 0.353 e. The Morgan fingerprint density at radius 3 is 2.80 bits per heavy atom. The van der Waals surface area contributed by atoms with Gasteiger partial charge < -0.3 is 11.1 Å². The summed E-state index contributed by atoms with van der Waals surface area (Å²) in [4.78, 5) is 11.8. The quantitative estimate of drug-likeness (QED) is 0.672. The van der Waals surface area contributed by atoms with E-state index in [9.17, 15) is 13.2 Å². The standard InChI is InChI=1S/C12H19N3O3S2/c1-8(12(16)14-7-10(13)9-4-5-9)15-20(17,18)11-3-2-6-19-11/h2-3,6,8-10,15H,4-5,7,13H2,1H3,(H,14,16). The molecule has 6 nitrogen and oxygen atoms in total. The summed E-state index contributed by atoms with van der Waals surface area (Å²) in [6.07, 6.45) is 2.22. The fourth-order valence-corrected chi connectivity index (χ4v) is 4.04. The van der Waals surface area contributed by atoms with Crippen molar-refractivity contribution in [2.75, 3.05) is 6.54 Å². The van der Waals surface area contributed by atoms with Gasteiger partial charge in [0, 0.05) is 12.6 Å². The highest BCUT2D eigenvalue weighted by atomic mass is 32.2. The molecule has 0 saturated heterocycles. The number of sulfonamides is 1. The minimum atomic E-state index is -3.63. The van der Waals surface area contributed by atoms with E-state index in [2.05, 4.69) is 10.0 Å². The number of hydrogen-bond acceptors (Lipinski definition) is 5. The van der Waals surface area contributed by atoms with Crippen molar-refractivity contribution in [3.8, 4) is 0 Å². The normalized spacial score (nSPS) is 18.5. The molecular formula is C12H19N3O3S2. The molecule has 1 aliphatic carbocycles. The van der Waals surface area contributed by atoms with Crippen molar-refractivity contribution < 1.29 is 13.2 Å². The molecule has 4 N–H and O–H groups in total. The molecule has 1 heterocycles. The van der Waals surface area contributed by atoms with Crippen molar-refractivity contribution in [2.45, 2.75) is 36.1 Å². The van der Waals surface area contributed by atoms with E-state index >= 15 is 0 Å². The van der Waals surface area contributed by atoms with Crippen LogP contribution in [0.15, 0.2) is 21.7 Å². The van der Waals surface area contributed by atoms with E-state index in [1.807, 2.05) is 0 Å². The van der Waals surface area contributed by atoms with Gasteiger partial charge in [-0.1, -0.05) is 6.07 Å². The summed E-state index contributed by atoms with van der Waals surface area (Å²) in [6, 6.07) is 2.28. The molecule has 0 aromatic carbocycles. The first-order valence-corrected chi connectivity index (χ1v) is 8.85. The van der Waals surface area contributed by atoms with Crippen LogP contribution < -0.4 is 15.8 Å². The van der Waals surface area contributed by atoms with E-state index in [4.69, 9.17) is 5.73 Å². The summed E-state index contributed by atoms with van der Waals surface area (Å²) in [5.74, 6) is 0.134. The Bertz CT molecular complexity index is 553. The fourth-order valence-electron chi connectivity index (χ4n) is 1.82. The van der Waals surface area contributed by atoms with Gasteiger partial charge in [0.2, 0.25) is 5.91 Å². The van der Waals surface area contributed by atoms with Crippen LogP contribution >= 0.6 is 11.3 Å². The first-order chi connectivity index (χ1) is 9.40. The molecule has 2 unspecified atom stereocenters. The Morgan fingerprint density at radius 2 is 2.25 bits per heavy atom. The maximum Gasteiger partial charge on any atom is 0.250 e. The van der Waals surface area contributed by atoms with Crippen LogP contribution in [0.1, 0.15) is 19.8 Å².